The lowest BCUT2D eigenvalue weighted by Gasteiger charge is -2.18. The topological polar surface area (TPSA) is 58.6 Å². The summed E-state index contributed by atoms with van der Waals surface area (Å²) in [5, 5.41) is 13.0. The van der Waals surface area contributed by atoms with Crippen LogP contribution in [0.15, 0.2) is 60.7 Å². The Balaban J connectivity index is 1.74. The monoisotopic (exact) mass is 299 g/mol. The van der Waals surface area contributed by atoms with E-state index < -0.39 is 6.10 Å². The number of hydrogen-bond acceptors (Lipinski definition) is 3. The van der Waals surface area contributed by atoms with Gasteiger partial charge in [-0.1, -0.05) is 48.5 Å². The zero-order valence-electron chi connectivity index (χ0n) is 12.6. The number of benzene rings is 2. The lowest BCUT2D eigenvalue weighted by atomic mass is 10.0. The van der Waals surface area contributed by atoms with Gasteiger partial charge in [0.15, 0.2) is 6.61 Å². The van der Waals surface area contributed by atoms with Crippen molar-refractivity contribution in [3.63, 3.8) is 0 Å². The van der Waals surface area contributed by atoms with Crippen LogP contribution in [-0.2, 0) is 4.79 Å². The molecule has 4 nitrogen and oxygen atoms in total. The van der Waals surface area contributed by atoms with Crippen molar-refractivity contribution in [3.8, 4) is 5.75 Å². The van der Waals surface area contributed by atoms with Crippen LogP contribution in [0.1, 0.15) is 25.0 Å². The smallest absolute Gasteiger partial charge is 0.258 e. The molecular formula is C18H21NO3. The molecule has 2 rings (SSSR count). The van der Waals surface area contributed by atoms with Gasteiger partial charge in [0.2, 0.25) is 0 Å². The fraction of sp³-hybridized carbons (Fsp3) is 0.278. The third-order valence-corrected chi connectivity index (χ3v) is 3.28. The number of carbonyl (C=O) groups excluding carboxylic acids is 1. The van der Waals surface area contributed by atoms with Crippen LogP contribution in [-0.4, -0.2) is 23.7 Å². The van der Waals surface area contributed by atoms with E-state index in [-0.39, 0.29) is 18.6 Å². The van der Waals surface area contributed by atoms with Gasteiger partial charge in [-0.05, 0) is 31.0 Å². The van der Waals surface area contributed by atoms with Gasteiger partial charge in [0, 0.05) is 6.04 Å². The first-order chi connectivity index (χ1) is 10.6. The maximum atomic E-state index is 11.8. The number of ether oxygens (including phenoxy) is 1. The molecule has 0 fully saturated rings. The van der Waals surface area contributed by atoms with Gasteiger partial charge in [0.1, 0.15) is 5.75 Å². The normalized spacial score (nSPS) is 13.2. The van der Waals surface area contributed by atoms with Gasteiger partial charge >= 0.3 is 0 Å². The Morgan fingerprint density at radius 1 is 1.09 bits per heavy atom. The van der Waals surface area contributed by atoms with Gasteiger partial charge < -0.3 is 15.2 Å². The predicted octanol–water partition coefficient (Wildman–Crippen LogP) is 2.69. The molecule has 2 aromatic rings. The largest absolute Gasteiger partial charge is 0.484 e. The van der Waals surface area contributed by atoms with Crippen molar-refractivity contribution >= 4 is 5.91 Å². The summed E-state index contributed by atoms with van der Waals surface area (Å²) < 4.78 is 5.38. The Morgan fingerprint density at radius 3 is 2.32 bits per heavy atom. The van der Waals surface area contributed by atoms with Gasteiger partial charge in [-0.25, -0.2) is 0 Å². The number of hydrogen-bond donors (Lipinski definition) is 2. The van der Waals surface area contributed by atoms with Crippen molar-refractivity contribution in [1.82, 2.24) is 5.32 Å². The van der Waals surface area contributed by atoms with Crippen molar-refractivity contribution < 1.29 is 14.6 Å². The maximum Gasteiger partial charge on any atom is 0.258 e. The van der Waals surface area contributed by atoms with Crippen molar-refractivity contribution in [1.29, 1.82) is 0 Å². The van der Waals surface area contributed by atoms with Gasteiger partial charge in [0.05, 0.1) is 6.10 Å². The summed E-state index contributed by atoms with van der Waals surface area (Å²) in [6.45, 7) is 1.84. The van der Waals surface area contributed by atoms with E-state index in [0.29, 0.717) is 12.2 Å². The second-order valence-electron chi connectivity index (χ2n) is 5.23. The summed E-state index contributed by atoms with van der Waals surface area (Å²) >= 11 is 0. The van der Waals surface area contributed by atoms with Crippen molar-refractivity contribution in [2.75, 3.05) is 6.61 Å². The zero-order chi connectivity index (χ0) is 15.8. The van der Waals surface area contributed by atoms with Crippen LogP contribution in [0.5, 0.6) is 5.75 Å². The Kier molecular flexibility index (Phi) is 5.98. The minimum Gasteiger partial charge on any atom is -0.484 e. The molecule has 116 valence electrons. The van der Waals surface area contributed by atoms with E-state index in [4.69, 9.17) is 4.74 Å². The van der Waals surface area contributed by atoms with Gasteiger partial charge in [0.25, 0.3) is 5.91 Å². The fourth-order valence-electron chi connectivity index (χ4n) is 2.19. The molecule has 4 heteroatoms. The van der Waals surface area contributed by atoms with Crippen LogP contribution in [0.25, 0.3) is 0 Å². The third-order valence-electron chi connectivity index (χ3n) is 3.28. The van der Waals surface area contributed by atoms with E-state index in [1.165, 1.54) is 0 Å². The summed E-state index contributed by atoms with van der Waals surface area (Å²) in [6, 6.07) is 18.5. The number of aliphatic hydroxyl groups is 1. The average Bonchev–Trinajstić information content (AvgIpc) is 2.54. The molecule has 0 aliphatic carbocycles. The molecule has 2 aromatic carbocycles. The minimum atomic E-state index is -0.591. The second kappa shape index (κ2) is 8.20. The number of para-hydroxylation sites is 1. The second-order valence-corrected chi connectivity index (χ2v) is 5.23. The number of rotatable bonds is 7. The molecule has 0 spiro atoms. The molecule has 1 amide bonds. The summed E-state index contributed by atoms with van der Waals surface area (Å²) in [5.41, 5.74) is 0.851. The van der Waals surface area contributed by atoms with E-state index in [1.807, 2.05) is 55.5 Å². The van der Waals surface area contributed by atoms with E-state index in [2.05, 4.69) is 5.32 Å². The summed E-state index contributed by atoms with van der Waals surface area (Å²) in [7, 11) is 0. The van der Waals surface area contributed by atoms with Gasteiger partial charge in [-0.15, -0.1) is 0 Å². The molecule has 22 heavy (non-hydrogen) atoms. The highest BCUT2D eigenvalue weighted by Crippen LogP contribution is 2.17. The van der Waals surface area contributed by atoms with Crippen LogP contribution in [0.3, 0.4) is 0 Å². The Morgan fingerprint density at radius 2 is 1.68 bits per heavy atom. The molecule has 2 N–H and O–H groups in total. The van der Waals surface area contributed by atoms with E-state index in [9.17, 15) is 9.90 Å². The molecule has 0 aromatic heterocycles. The summed E-state index contributed by atoms with van der Waals surface area (Å²) in [6.07, 6.45) is -0.132. The Bertz CT molecular complexity index is 571. The van der Waals surface area contributed by atoms with Crippen molar-refractivity contribution in [3.05, 3.63) is 66.2 Å². The highest BCUT2D eigenvalue weighted by molar-refractivity contribution is 5.77. The molecule has 0 bridgehead atoms. The molecular weight excluding hydrogens is 278 g/mol. The molecule has 0 heterocycles. The van der Waals surface area contributed by atoms with Gasteiger partial charge in [-0.3, -0.25) is 4.79 Å². The lowest BCUT2D eigenvalue weighted by Crippen LogP contribution is -2.37. The molecule has 2 atom stereocenters. The van der Waals surface area contributed by atoms with Crippen LogP contribution in [0.2, 0.25) is 0 Å². The standard InChI is InChI=1S/C18H21NO3/c1-14(12-17(20)15-8-4-2-5-9-15)19-18(21)13-22-16-10-6-3-7-11-16/h2-11,14,17,20H,12-13H2,1H3,(H,19,21)/t14-,17-/m1/s1. The third kappa shape index (κ3) is 5.22. The molecule has 0 saturated heterocycles. The fourth-order valence-corrected chi connectivity index (χ4v) is 2.19. The first-order valence-corrected chi connectivity index (χ1v) is 7.35. The molecule has 0 aliphatic rings. The first kappa shape index (κ1) is 16.0. The highest BCUT2D eigenvalue weighted by atomic mass is 16.5. The Labute approximate surface area is 130 Å². The van der Waals surface area contributed by atoms with Crippen LogP contribution < -0.4 is 10.1 Å². The quantitative estimate of drug-likeness (QED) is 0.826. The first-order valence-electron chi connectivity index (χ1n) is 7.35. The van der Waals surface area contributed by atoms with Crippen LogP contribution >= 0.6 is 0 Å². The summed E-state index contributed by atoms with van der Waals surface area (Å²) in [5.74, 6) is 0.464. The molecule has 0 unspecified atom stereocenters. The lowest BCUT2D eigenvalue weighted by molar-refractivity contribution is -0.123. The van der Waals surface area contributed by atoms with Crippen LogP contribution in [0, 0.1) is 0 Å². The maximum absolute atomic E-state index is 11.8. The minimum absolute atomic E-state index is 0.0320. The van der Waals surface area contributed by atoms with Crippen molar-refractivity contribution in [2.45, 2.75) is 25.5 Å². The SMILES string of the molecule is C[C@H](C[C@@H](O)c1ccccc1)NC(=O)COc1ccccc1. The van der Waals surface area contributed by atoms with E-state index >= 15 is 0 Å². The molecule has 0 saturated carbocycles. The average molecular weight is 299 g/mol. The highest BCUT2D eigenvalue weighted by Gasteiger charge is 2.14. The number of carbonyl (C=O) groups is 1. The zero-order valence-corrected chi connectivity index (χ0v) is 12.6. The van der Waals surface area contributed by atoms with Gasteiger partial charge in [-0.2, -0.15) is 0 Å². The molecule has 0 radical (unpaired) electrons. The predicted molar refractivity (Wildman–Crippen MR) is 85.6 cm³/mol. The number of aliphatic hydroxyl groups excluding tert-OH is 1. The van der Waals surface area contributed by atoms with Crippen molar-refractivity contribution in [2.24, 2.45) is 0 Å². The summed E-state index contributed by atoms with van der Waals surface area (Å²) in [4.78, 5) is 11.8. The van der Waals surface area contributed by atoms with Crippen LogP contribution in [0.4, 0.5) is 0 Å². The van der Waals surface area contributed by atoms with E-state index in [0.717, 1.165) is 5.56 Å². The molecule has 0 aliphatic heterocycles. The van der Waals surface area contributed by atoms with E-state index in [1.54, 1.807) is 12.1 Å². The Hall–Kier alpha value is -2.33. The number of amides is 1. The number of nitrogens with one attached hydrogen (secondary N) is 1.